The van der Waals surface area contributed by atoms with E-state index in [-0.39, 0.29) is 17.7 Å². The number of anilines is 1. The number of hydrogen-bond donors (Lipinski definition) is 1. The van der Waals surface area contributed by atoms with Gasteiger partial charge in [0.1, 0.15) is 5.75 Å². The van der Waals surface area contributed by atoms with E-state index in [1.54, 1.807) is 19.1 Å². The Balaban J connectivity index is 2.11. The fourth-order valence-electron chi connectivity index (χ4n) is 3.04. The molecule has 6 nitrogen and oxygen atoms in total. The first kappa shape index (κ1) is 19.4. The van der Waals surface area contributed by atoms with E-state index in [9.17, 15) is 27.9 Å². The van der Waals surface area contributed by atoms with Gasteiger partial charge in [0.2, 0.25) is 0 Å². The lowest BCUT2D eigenvalue weighted by molar-refractivity contribution is -0.274. The number of aliphatic hydroxyl groups excluding tert-OH is 1. The van der Waals surface area contributed by atoms with Gasteiger partial charge >= 0.3 is 6.36 Å². The zero-order valence-electron chi connectivity index (χ0n) is 14.6. The summed E-state index contributed by atoms with van der Waals surface area (Å²) in [6, 6.07) is 6.90. The monoisotopic (exact) mass is 392 g/mol. The molecule has 0 aliphatic carbocycles. The van der Waals surface area contributed by atoms with Crippen molar-refractivity contribution in [2.75, 3.05) is 4.90 Å². The lowest BCUT2D eigenvalue weighted by Gasteiger charge is -2.27. The Morgan fingerprint density at radius 1 is 1.25 bits per heavy atom. The fraction of sp³-hybridized carbons (Fsp3) is 0.211. The molecule has 1 unspecified atom stereocenters. The molecular weight excluding hydrogens is 377 g/mol. The number of ether oxygens (including phenoxy) is 1. The number of halogens is 3. The second-order valence-corrected chi connectivity index (χ2v) is 5.94. The summed E-state index contributed by atoms with van der Waals surface area (Å²) in [6.45, 7) is 1.58. The third-order valence-corrected chi connectivity index (χ3v) is 4.18. The molecule has 9 heteroatoms. The zero-order chi connectivity index (χ0) is 20.5. The summed E-state index contributed by atoms with van der Waals surface area (Å²) in [7, 11) is 0. The highest BCUT2D eigenvalue weighted by Crippen LogP contribution is 2.42. The largest absolute Gasteiger partial charge is 0.573 e. The molecular formula is C19H15F3N2O4. The van der Waals surface area contributed by atoms with Crippen molar-refractivity contribution in [3.8, 4) is 5.75 Å². The molecule has 28 heavy (non-hydrogen) atoms. The number of Topliss-reactive ketones (excluding diaryl/α,β-unsaturated/α-hetero) is 1. The molecule has 146 valence electrons. The van der Waals surface area contributed by atoms with E-state index in [0.29, 0.717) is 5.56 Å². The summed E-state index contributed by atoms with van der Waals surface area (Å²) >= 11 is 0. The minimum atomic E-state index is -4.90. The summed E-state index contributed by atoms with van der Waals surface area (Å²) in [5, 5.41) is 10.3. The van der Waals surface area contributed by atoms with Crippen molar-refractivity contribution in [2.24, 2.45) is 0 Å². The van der Waals surface area contributed by atoms with Crippen LogP contribution in [0, 0.1) is 0 Å². The number of rotatable bonds is 5. The molecule has 2 aromatic rings. The van der Waals surface area contributed by atoms with Crippen LogP contribution in [0.15, 0.2) is 60.1 Å². The van der Waals surface area contributed by atoms with E-state index >= 15 is 0 Å². The second kappa shape index (κ2) is 7.34. The van der Waals surface area contributed by atoms with Crippen molar-refractivity contribution >= 4 is 17.4 Å². The van der Waals surface area contributed by atoms with Crippen molar-refractivity contribution in [3.63, 3.8) is 0 Å². The van der Waals surface area contributed by atoms with Crippen LogP contribution in [0.1, 0.15) is 24.9 Å². The average molecular weight is 392 g/mol. The van der Waals surface area contributed by atoms with Gasteiger partial charge in [-0.15, -0.1) is 13.2 Å². The minimum absolute atomic E-state index is 0.0408. The van der Waals surface area contributed by atoms with Crippen LogP contribution < -0.4 is 9.64 Å². The van der Waals surface area contributed by atoms with Crippen LogP contribution in [0.2, 0.25) is 0 Å². The molecule has 0 spiro atoms. The second-order valence-electron chi connectivity index (χ2n) is 5.94. The van der Waals surface area contributed by atoms with Crippen LogP contribution in [-0.4, -0.2) is 28.1 Å². The number of ketones is 1. The first-order valence-electron chi connectivity index (χ1n) is 8.28. The maximum atomic E-state index is 12.7. The summed E-state index contributed by atoms with van der Waals surface area (Å²) in [6.07, 6.45) is -1.96. The number of benzene rings is 1. The third-order valence-electron chi connectivity index (χ3n) is 4.18. The van der Waals surface area contributed by atoms with Gasteiger partial charge in [-0.2, -0.15) is 0 Å². The van der Waals surface area contributed by atoms with Crippen LogP contribution in [0.4, 0.5) is 18.9 Å². The molecule has 0 fully saturated rings. The molecule has 1 aliphatic rings. The van der Waals surface area contributed by atoms with Crippen molar-refractivity contribution in [2.45, 2.75) is 25.7 Å². The standard InChI is InChI=1S/C19H15F3N2O4/c1-2-14(25)15-16(11-6-8-23-9-7-11)24(18(27)17(15)26)12-4-3-5-13(10-12)28-19(20,21)22/h3-10,16,26H,2H2,1H3. The molecule has 1 amide bonds. The van der Waals surface area contributed by atoms with Gasteiger partial charge in [0, 0.05) is 30.6 Å². The fourth-order valence-corrected chi connectivity index (χ4v) is 3.04. The lowest BCUT2D eigenvalue weighted by Crippen LogP contribution is -2.31. The number of carbonyl (C=O) groups excluding carboxylic acids is 2. The predicted octanol–water partition coefficient (Wildman–Crippen LogP) is 3.86. The molecule has 1 N–H and O–H groups in total. The van der Waals surface area contributed by atoms with Gasteiger partial charge in [-0.05, 0) is 29.8 Å². The Hall–Kier alpha value is -3.36. The Labute approximate surface area is 157 Å². The summed E-state index contributed by atoms with van der Waals surface area (Å²) in [5.74, 6) is -2.59. The number of alkyl halides is 3. The van der Waals surface area contributed by atoms with Gasteiger partial charge in [-0.1, -0.05) is 13.0 Å². The van der Waals surface area contributed by atoms with E-state index in [1.165, 1.54) is 24.5 Å². The van der Waals surface area contributed by atoms with E-state index in [4.69, 9.17) is 0 Å². The molecule has 2 heterocycles. The van der Waals surface area contributed by atoms with Gasteiger partial charge in [-0.25, -0.2) is 0 Å². The van der Waals surface area contributed by atoms with E-state index in [2.05, 4.69) is 9.72 Å². The maximum absolute atomic E-state index is 12.7. The van der Waals surface area contributed by atoms with Crippen LogP contribution in [0.5, 0.6) is 5.75 Å². The summed E-state index contributed by atoms with van der Waals surface area (Å²) in [4.78, 5) is 30.1. The molecule has 0 radical (unpaired) electrons. The van der Waals surface area contributed by atoms with Gasteiger partial charge in [-0.3, -0.25) is 19.5 Å². The first-order chi connectivity index (χ1) is 13.2. The predicted molar refractivity (Wildman–Crippen MR) is 92.5 cm³/mol. The van der Waals surface area contributed by atoms with Gasteiger partial charge < -0.3 is 9.84 Å². The Kier molecular flexibility index (Phi) is 5.08. The van der Waals surface area contributed by atoms with E-state index in [0.717, 1.165) is 17.0 Å². The number of nitrogens with zero attached hydrogens (tertiary/aromatic N) is 2. The molecule has 3 rings (SSSR count). The molecule has 1 aromatic carbocycles. The van der Waals surface area contributed by atoms with Gasteiger partial charge in [0.25, 0.3) is 5.91 Å². The number of aliphatic hydroxyl groups is 1. The number of hydrogen-bond acceptors (Lipinski definition) is 5. The highest BCUT2D eigenvalue weighted by molar-refractivity contribution is 6.16. The van der Waals surface area contributed by atoms with E-state index < -0.39 is 35.6 Å². The quantitative estimate of drug-likeness (QED) is 0.836. The van der Waals surface area contributed by atoms with Crippen LogP contribution in [0.3, 0.4) is 0 Å². The maximum Gasteiger partial charge on any atom is 0.573 e. The van der Waals surface area contributed by atoms with Crippen LogP contribution in [-0.2, 0) is 9.59 Å². The van der Waals surface area contributed by atoms with Gasteiger partial charge in [0.15, 0.2) is 11.5 Å². The Bertz CT molecular complexity index is 942. The smallest absolute Gasteiger partial charge is 0.503 e. The van der Waals surface area contributed by atoms with Crippen molar-refractivity contribution in [1.29, 1.82) is 0 Å². The van der Waals surface area contributed by atoms with Crippen molar-refractivity contribution in [1.82, 2.24) is 4.98 Å². The highest BCUT2D eigenvalue weighted by Gasteiger charge is 2.44. The number of amides is 1. The van der Waals surface area contributed by atoms with Crippen LogP contribution in [0.25, 0.3) is 0 Å². The lowest BCUT2D eigenvalue weighted by atomic mass is 9.95. The number of aromatic nitrogens is 1. The zero-order valence-corrected chi connectivity index (χ0v) is 14.6. The molecule has 0 saturated heterocycles. The summed E-state index contributed by atoms with van der Waals surface area (Å²) in [5.41, 5.74) is 0.409. The molecule has 1 aromatic heterocycles. The number of pyridine rings is 1. The molecule has 1 aliphatic heterocycles. The normalized spacial score (nSPS) is 17.2. The highest BCUT2D eigenvalue weighted by atomic mass is 19.4. The van der Waals surface area contributed by atoms with E-state index in [1.807, 2.05) is 0 Å². The SMILES string of the molecule is CCC(=O)C1=C(O)C(=O)N(c2cccc(OC(F)(F)F)c2)C1c1ccncc1. The van der Waals surface area contributed by atoms with Gasteiger partial charge in [0.05, 0.1) is 11.6 Å². The Morgan fingerprint density at radius 2 is 1.93 bits per heavy atom. The number of carbonyl (C=O) groups is 2. The topological polar surface area (TPSA) is 79.7 Å². The van der Waals surface area contributed by atoms with Crippen molar-refractivity contribution in [3.05, 3.63) is 65.7 Å². The summed E-state index contributed by atoms with van der Waals surface area (Å²) < 4.78 is 41.5. The van der Waals surface area contributed by atoms with Crippen LogP contribution >= 0.6 is 0 Å². The minimum Gasteiger partial charge on any atom is -0.503 e. The Morgan fingerprint density at radius 3 is 2.54 bits per heavy atom. The molecule has 0 saturated carbocycles. The third kappa shape index (κ3) is 3.68. The average Bonchev–Trinajstić information content (AvgIpc) is 2.92. The first-order valence-corrected chi connectivity index (χ1v) is 8.28. The molecule has 0 bridgehead atoms. The van der Waals surface area contributed by atoms with Crippen molar-refractivity contribution < 1.29 is 32.6 Å². The molecule has 1 atom stereocenters.